The molecule has 4 rings (SSSR count). The van der Waals surface area contributed by atoms with Gasteiger partial charge in [0.1, 0.15) is 8.07 Å². The van der Waals surface area contributed by atoms with Crippen LogP contribution in [-0.4, -0.2) is 8.07 Å². The molecule has 0 saturated carbocycles. The van der Waals surface area contributed by atoms with Crippen molar-refractivity contribution >= 4 is 28.8 Å². The minimum absolute atomic E-state index is 0. The van der Waals surface area contributed by atoms with Crippen molar-refractivity contribution in [1.82, 2.24) is 0 Å². The van der Waals surface area contributed by atoms with Crippen molar-refractivity contribution in [2.75, 3.05) is 0 Å². The molecule has 0 heterocycles. The Morgan fingerprint density at radius 2 is 0.554 bits per heavy atom. The van der Waals surface area contributed by atoms with Gasteiger partial charge in [-0.3, -0.25) is 0 Å². The van der Waals surface area contributed by atoms with E-state index in [0.717, 1.165) is 0 Å². The Bertz CT molecular complexity index is 1640. The van der Waals surface area contributed by atoms with Crippen LogP contribution in [0.15, 0.2) is 72.8 Å². The Hall–Kier alpha value is -1.19. The summed E-state index contributed by atoms with van der Waals surface area (Å²) in [5.74, 6) is 0. The van der Waals surface area contributed by atoms with Crippen LogP contribution in [0.25, 0.3) is 0 Å². The molecule has 4 aromatic rings. The number of benzene rings is 3. The van der Waals surface area contributed by atoms with E-state index in [1.54, 1.807) is 0 Å². The summed E-state index contributed by atoms with van der Waals surface area (Å²) in [6, 6.07) is 30.7. The third-order valence-corrected chi connectivity index (χ3v) is 16.0. The van der Waals surface area contributed by atoms with E-state index in [9.17, 15) is 0 Å². The Kier molecular flexibility index (Phi) is 17.4. The fourth-order valence-corrected chi connectivity index (χ4v) is 12.9. The maximum absolute atomic E-state index is 3.06. The molecule has 0 N–H and O–H groups in total. The molecule has 0 amide bonds. The molecule has 0 aromatic heterocycles. The van der Waals surface area contributed by atoms with Gasteiger partial charge >= 0.3 is 21.7 Å². The van der Waals surface area contributed by atoms with Crippen LogP contribution in [0.1, 0.15) is 184 Å². The van der Waals surface area contributed by atoms with E-state index in [4.69, 9.17) is 0 Å². The van der Waals surface area contributed by atoms with Crippen LogP contribution in [-0.2, 0) is 59.6 Å². The predicted octanol–water partition coefficient (Wildman–Crippen LogP) is 2.87. The first-order valence-electron chi connectivity index (χ1n) is 19.9. The van der Waals surface area contributed by atoms with Gasteiger partial charge in [0.05, 0.1) is 0 Å². The molecule has 0 unspecified atom stereocenters. The molecule has 0 atom stereocenters. The summed E-state index contributed by atoms with van der Waals surface area (Å²) < 4.78 is 0. The van der Waals surface area contributed by atoms with Crippen molar-refractivity contribution in [3.63, 3.8) is 0 Å². The Morgan fingerprint density at radius 1 is 0.339 bits per heavy atom. The number of halogens is 3. The molecule has 0 aliphatic carbocycles. The van der Waals surface area contributed by atoms with Gasteiger partial charge in [-0.1, -0.05) is 216 Å². The largest absolute Gasteiger partial charge is 4.00 e. The van der Waals surface area contributed by atoms with E-state index >= 15 is 0 Å². The summed E-state index contributed by atoms with van der Waals surface area (Å²) >= 11 is 0. The monoisotopic (exact) mass is 868 g/mol. The van der Waals surface area contributed by atoms with Crippen LogP contribution >= 0.6 is 0 Å². The summed E-state index contributed by atoms with van der Waals surface area (Å²) in [6.07, 6.45) is 0. The molecular formula is C51H75Cl3SiTi. The van der Waals surface area contributed by atoms with Gasteiger partial charge in [-0.15, -0.1) is 5.19 Å². The van der Waals surface area contributed by atoms with Crippen LogP contribution in [0, 0.1) is 0 Å². The van der Waals surface area contributed by atoms with E-state index in [2.05, 4.69) is 218 Å². The van der Waals surface area contributed by atoms with Crippen molar-refractivity contribution < 1.29 is 58.9 Å². The summed E-state index contributed by atoms with van der Waals surface area (Å²) in [5.41, 5.74) is 9.88. The zero-order chi connectivity index (χ0) is 39.8. The fraction of sp³-hybridized carbons (Fsp3) is 0.549. The Balaban J connectivity index is 0.00000756. The minimum Gasteiger partial charge on any atom is -1.00 e. The molecule has 56 heavy (non-hydrogen) atoms. The molecule has 0 aliphatic heterocycles. The minimum atomic E-state index is -3.06. The molecule has 0 fully saturated rings. The van der Waals surface area contributed by atoms with Gasteiger partial charge in [-0.25, -0.2) is 12.1 Å². The van der Waals surface area contributed by atoms with Gasteiger partial charge in [0.25, 0.3) is 0 Å². The maximum atomic E-state index is 2.64. The van der Waals surface area contributed by atoms with Crippen molar-refractivity contribution in [3.8, 4) is 0 Å². The van der Waals surface area contributed by atoms with E-state index in [0.29, 0.717) is 0 Å². The molecule has 0 saturated heterocycles. The van der Waals surface area contributed by atoms with Crippen LogP contribution in [0.5, 0.6) is 0 Å². The Morgan fingerprint density at radius 3 is 0.732 bits per heavy atom. The zero-order valence-electron chi connectivity index (χ0n) is 39.1. The predicted molar refractivity (Wildman–Crippen MR) is 237 cm³/mol. The topological polar surface area (TPSA) is 0 Å². The first-order valence-corrected chi connectivity index (χ1v) is 21.9. The number of hydrogen-bond donors (Lipinski definition) is 0. The van der Waals surface area contributed by atoms with Gasteiger partial charge in [0.15, 0.2) is 0 Å². The van der Waals surface area contributed by atoms with Gasteiger partial charge < -0.3 is 37.2 Å². The first-order chi connectivity index (χ1) is 23.2. The van der Waals surface area contributed by atoms with Crippen molar-refractivity contribution in [1.29, 1.82) is 0 Å². The second-order valence-corrected chi connectivity index (χ2v) is 27.0. The molecule has 308 valence electrons. The quantitative estimate of drug-likeness (QED) is 0.169. The summed E-state index contributed by atoms with van der Waals surface area (Å²) in [6.45, 7) is 50.3. The summed E-state index contributed by atoms with van der Waals surface area (Å²) in [5, 5.41) is 6.03. The normalized spacial score (nSPS) is 13.2. The van der Waals surface area contributed by atoms with E-state index in [1.165, 1.54) is 59.7 Å². The standard InChI is InChI=1S/C51H75Si.3ClH.Ti/c1-45(2,3)34-25-35(46(4,5)6)29-40(28-34)52(44-24-22-23-43(44)51(19,20)21,41-30-36(47(7,8)9)26-37(31-41)48(10,11)12)42-32-38(49(13,14)15)27-39(33-42)50(16,17)18;;;;/h22-33H,1-21H3;3*1H;/q-1;;;;+4/p-3. The average Bonchev–Trinajstić information content (AvgIpc) is 3.46. The zero-order valence-corrected chi connectivity index (χ0v) is 43.9. The summed E-state index contributed by atoms with van der Waals surface area (Å²) in [7, 11) is -3.06. The molecule has 0 bridgehead atoms. The van der Waals surface area contributed by atoms with Crippen LogP contribution in [0.4, 0.5) is 0 Å². The van der Waals surface area contributed by atoms with Crippen molar-refractivity contribution in [2.24, 2.45) is 0 Å². The third kappa shape index (κ3) is 11.5. The number of rotatable bonds is 4. The third-order valence-electron chi connectivity index (χ3n) is 11.3. The first kappa shape index (κ1) is 54.8. The Labute approximate surface area is 380 Å². The second-order valence-electron chi connectivity index (χ2n) is 23.3. The fourth-order valence-electron chi connectivity index (χ4n) is 7.50. The van der Waals surface area contributed by atoms with Gasteiger partial charge in [-0.05, 0) is 71.3 Å². The SMILES string of the molecule is CC(C)(C)c1cc(C(C)(C)C)cc([Si](c2cc(C(C)(C)C)cc(C(C)(C)C)c2)(c2cc(C(C)(C)C)cc(C(C)(C)C)c2)[c-]2cccc2C(C)(C)C)c1.[Cl-].[Cl-].[Cl-].[Ti+4]. The smallest absolute Gasteiger partial charge is 1.00 e. The molecule has 0 aliphatic rings. The van der Waals surface area contributed by atoms with Gasteiger partial charge in [0.2, 0.25) is 0 Å². The van der Waals surface area contributed by atoms with Gasteiger partial charge in [0, 0.05) is 0 Å². The van der Waals surface area contributed by atoms with Crippen molar-refractivity contribution in [2.45, 2.75) is 183 Å². The van der Waals surface area contributed by atoms with Crippen molar-refractivity contribution in [3.05, 3.63) is 112 Å². The van der Waals surface area contributed by atoms with Crippen LogP contribution < -0.4 is 58.0 Å². The molecule has 0 radical (unpaired) electrons. The molecule has 5 heteroatoms. The average molecular weight is 870 g/mol. The summed E-state index contributed by atoms with van der Waals surface area (Å²) in [4.78, 5) is 0. The van der Waals surface area contributed by atoms with E-state index < -0.39 is 8.07 Å². The van der Waals surface area contributed by atoms with Gasteiger partial charge in [-0.2, -0.15) is 11.6 Å². The molecule has 0 spiro atoms. The number of hydrogen-bond acceptors (Lipinski definition) is 0. The second kappa shape index (κ2) is 17.8. The van der Waals surface area contributed by atoms with Crippen LogP contribution in [0.2, 0.25) is 0 Å². The molecule has 4 aromatic carbocycles. The van der Waals surface area contributed by atoms with Crippen LogP contribution in [0.3, 0.4) is 0 Å². The maximum Gasteiger partial charge on any atom is 4.00 e. The molecular weight excluding hydrogens is 795 g/mol. The molecule has 0 nitrogen and oxygen atoms in total. The van der Waals surface area contributed by atoms with E-state index in [1.807, 2.05) is 0 Å². The van der Waals surface area contributed by atoms with E-state index in [-0.39, 0.29) is 96.8 Å².